The third-order valence-corrected chi connectivity index (χ3v) is 3.62. The van der Waals surface area contributed by atoms with Crippen molar-refractivity contribution >= 4 is 16.9 Å². The highest BCUT2D eigenvalue weighted by Gasteiger charge is 2.21. The predicted molar refractivity (Wildman–Crippen MR) is 80.7 cm³/mol. The molecule has 0 bridgehead atoms. The van der Waals surface area contributed by atoms with Crippen LogP contribution in [0.1, 0.15) is 38.1 Å². The Bertz CT molecular complexity index is 604. The maximum absolute atomic E-state index is 11.6. The Morgan fingerprint density at radius 3 is 2.65 bits per heavy atom. The Morgan fingerprint density at radius 2 is 2.00 bits per heavy atom. The quantitative estimate of drug-likeness (QED) is 0.881. The van der Waals surface area contributed by atoms with Crippen molar-refractivity contribution in [1.29, 1.82) is 0 Å². The molecular formula is C16H22N2O2. The summed E-state index contributed by atoms with van der Waals surface area (Å²) in [7, 11) is 1.64. The highest BCUT2D eigenvalue weighted by Crippen LogP contribution is 2.30. The molecule has 4 heteroatoms. The van der Waals surface area contributed by atoms with Gasteiger partial charge in [-0.15, -0.1) is 0 Å². The van der Waals surface area contributed by atoms with Crippen molar-refractivity contribution in [3.63, 3.8) is 0 Å². The van der Waals surface area contributed by atoms with E-state index in [0.717, 1.165) is 23.2 Å². The molecule has 2 unspecified atom stereocenters. The van der Waals surface area contributed by atoms with Crippen LogP contribution in [0.4, 0.5) is 0 Å². The van der Waals surface area contributed by atoms with Gasteiger partial charge in [-0.05, 0) is 26.3 Å². The van der Waals surface area contributed by atoms with Gasteiger partial charge < -0.3 is 9.73 Å². The molecule has 2 rings (SSSR count). The number of rotatable bonds is 5. The average molecular weight is 274 g/mol. The summed E-state index contributed by atoms with van der Waals surface area (Å²) in [4.78, 5) is 11.6. The Labute approximate surface area is 119 Å². The van der Waals surface area contributed by atoms with Gasteiger partial charge in [-0.2, -0.15) is 0 Å². The molecule has 2 N–H and O–H groups in total. The van der Waals surface area contributed by atoms with E-state index in [2.05, 4.69) is 23.6 Å². The van der Waals surface area contributed by atoms with Gasteiger partial charge in [0.25, 0.3) is 0 Å². The number of carbonyl (C=O) groups is 1. The fourth-order valence-corrected chi connectivity index (χ4v) is 2.58. The van der Waals surface area contributed by atoms with Crippen molar-refractivity contribution in [3.05, 3.63) is 35.6 Å². The second kappa shape index (κ2) is 6.09. The predicted octanol–water partition coefficient (Wildman–Crippen LogP) is 2.78. The third kappa shape index (κ3) is 2.70. The normalized spacial score (nSPS) is 14.2. The molecule has 0 saturated carbocycles. The van der Waals surface area contributed by atoms with Crippen LogP contribution in [0.3, 0.4) is 0 Å². The van der Waals surface area contributed by atoms with Gasteiger partial charge in [0.15, 0.2) is 0 Å². The maximum atomic E-state index is 11.6. The lowest BCUT2D eigenvalue weighted by atomic mass is 10.0. The van der Waals surface area contributed by atoms with Crippen molar-refractivity contribution in [2.24, 2.45) is 0 Å². The number of hydrogen-bond donors (Lipinski definition) is 2. The number of aryl methyl sites for hydroxylation is 1. The standard InChI is InChI=1S/C16H22N2O2/c1-5-12-13-8-6-7-9-14(13)20-15(12)10(2)18-11(3)16(19)17-4/h6-11,18H,5H2,1-4H3,(H,17,19). The number of nitrogens with one attached hydrogen (secondary N) is 2. The van der Waals surface area contributed by atoms with Gasteiger partial charge >= 0.3 is 0 Å². The highest BCUT2D eigenvalue weighted by molar-refractivity contribution is 5.83. The molecule has 2 atom stereocenters. The van der Waals surface area contributed by atoms with Crippen LogP contribution in [0.5, 0.6) is 0 Å². The molecule has 0 fully saturated rings. The zero-order chi connectivity index (χ0) is 14.7. The van der Waals surface area contributed by atoms with E-state index in [1.807, 2.05) is 32.0 Å². The molecule has 0 aliphatic rings. The van der Waals surface area contributed by atoms with E-state index in [9.17, 15) is 4.79 Å². The lowest BCUT2D eigenvalue weighted by molar-refractivity contribution is -0.122. The number of hydrogen-bond acceptors (Lipinski definition) is 3. The van der Waals surface area contributed by atoms with E-state index in [1.165, 1.54) is 5.56 Å². The van der Waals surface area contributed by atoms with Gasteiger partial charge in [-0.25, -0.2) is 0 Å². The van der Waals surface area contributed by atoms with Crippen molar-refractivity contribution < 1.29 is 9.21 Å². The van der Waals surface area contributed by atoms with Crippen LogP contribution in [0, 0.1) is 0 Å². The molecule has 4 nitrogen and oxygen atoms in total. The monoisotopic (exact) mass is 274 g/mol. The number of fused-ring (bicyclic) bond motifs is 1. The summed E-state index contributed by atoms with van der Waals surface area (Å²) in [6.45, 7) is 6.00. The molecule has 0 spiro atoms. The number of furan rings is 1. The van der Waals surface area contributed by atoms with Crippen LogP contribution in [-0.2, 0) is 11.2 Å². The summed E-state index contributed by atoms with van der Waals surface area (Å²) in [6, 6.07) is 7.78. The summed E-state index contributed by atoms with van der Waals surface area (Å²) >= 11 is 0. The van der Waals surface area contributed by atoms with Crippen molar-refractivity contribution in [3.8, 4) is 0 Å². The van der Waals surface area contributed by atoms with E-state index in [1.54, 1.807) is 7.05 Å². The summed E-state index contributed by atoms with van der Waals surface area (Å²) in [5.74, 6) is 0.899. The molecule has 20 heavy (non-hydrogen) atoms. The zero-order valence-corrected chi connectivity index (χ0v) is 12.5. The van der Waals surface area contributed by atoms with E-state index in [4.69, 9.17) is 4.42 Å². The lowest BCUT2D eigenvalue weighted by Crippen LogP contribution is -2.41. The third-order valence-electron chi connectivity index (χ3n) is 3.62. The minimum Gasteiger partial charge on any atom is -0.459 e. The average Bonchev–Trinajstić information content (AvgIpc) is 2.84. The summed E-state index contributed by atoms with van der Waals surface area (Å²) < 4.78 is 5.97. The first-order valence-corrected chi connectivity index (χ1v) is 7.06. The van der Waals surface area contributed by atoms with E-state index < -0.39 is 0 Å². The second-order valence-electron chi connectivity index (χ2n) is 5.02. The van der Waals surface area contributed by atoms with Gasteiger partial charge in [-0.1, -0.05) is 25.1 Å². The summed E-state index contributed by atoms with van der Waals surface area (Å²) in [6.07, 6.45) is 0.909. The second-order valence-corrected chi connectivity index (χ2v) is 5.02. The minimum atomic E-state index is -0.257. The molecule has 0 aliphatic heterocycles. The first-order valence-electron chi connectivity index (χ1n) is 7.06. The topological polar surface area (TPSA) is 54.3 Å². The molecule has 2 aromatic rings. The van der Waals surface area contributed by atoms with Gasteiger partial charge in [0.05, 0.1) is 12.1 Å². The fraction of sp³-hybridized carbons (Fsp3) is 0.438. The largest absolute Gasteiger partial charge is 0.459 e. The van der Waals surface area contributed by atoms with Gasteiger partial charge in [0, 0.05) is 18.0 Å². The van der Waals surface area contributed by atoms with E-state index in [0.29, 0.717) is 0 Å². The molecule has 0 radical (unpaired) electrons. The smallest absolute Gasteiger partial charge is 0.236 e. The van der Waals surface area contributed by atoms with E-state index in [-0.39, 0.29) is 18.0 Å². The first-order chi connectivity index (χ1) is 9.58. The molecule has 1 heterocycles. The van der Waals surface area contributed by atoms with Crippen LogP contribution >= 0.6 is 0 Å². The lowest BCUT2D eigenvalue weighted by Gasteiger charge is -2.18. The van der Waals surface area contributed by atoms with Crippen LogP contribution in [-0.4, -0.2) is 19.0 Å². The van der Waals surface area contributed by atoms with Crippen molar-refractivity contribution in [2.75, 3.05) is 7.05 Å². The number of amides is 1. The molecule has 1 aromatic heterocycles. The number of para-hydroxylation sites is 1. The molecule has 1 aromatic carbocycles. The summed E-state index contributed by atoms with van der Waals surface area (Å²) in [5.41, 5.74) is 2.12. The van der Waals surface area contributed by atoms with Crippen LogP contribution in [0.15, 0.2) is 28.7 Å². The van der Waals surface area contributed by atoms with Crippen LogP contribution in [0.25, 0.3) is 11.0 Å². The number of benzene rings is 1. The minimum absolute atomic E-state index is 0.00958. The Kier molecular flexibility index (Phi) is 4.45. The fourth-order valence-electron chi connectivity index (χ4n) is 2.58. The van der Waals surface area contributed by atoms with Crippen LogP contribution < -0.4 is 10.6 Å². The molecule has 1 amide bonds. The van der Waals surface area contributed by atoms with Crippen LogP contribution in [0.2, 0.25) is 0 Å². The molecule has 108 valence electrons. The van der Waals surface area contributed by atoms with Crippen molar-refractivity contribution in [1.82, 2.24) is 10.6 Å². The highest BCUT2D eigenvalue weighted by atomic mass is 16.3. The Balaban J connectivity index is 2.30. The zero-order valence-electron chi connectivity index (χ0n) is 12.5. The Morgan fingerprint density at radius 1 is 1.30 bits per heavy atom. The Hall–Kier alpha value is -1.81. The van der Waals surface area contributed by atoms with Gasteiger partial charge in [0.1, 0.15) is 11.3 Å². The van der Waals surface area contributed by atoms with Crippen molar-refractivity contribution in [2.45, 2.75) is 39.3 Å². The molecule has 0 aliphatic carbocycles. The molecule has 0 saturated heterocycles. The summed E-state index contributed by atoms with van der Waals surface area (Å²) in [5, 5.41) is 7.08. The SMILES string of the molecule is CCc1c(C(C)NC(C)C(=O)NC)oc2ccccc12. The number of likely N-dealkylation sites (N-methyl/N-ethyl adjacent to an activating group) is 1. The first kappa shape index (κ1) is 14.6. The maximum Gasteiger partial charge on any atom is 0.236 e. The van der Waals surface area contributed by atoms with E-state index >= 15 is 0 Å². The number of carbonyl (C=O) groups excluding carboxylic acids is 1. The van der Waals surface area contributed by atoms with Gasteiger partial charge in [0.2, 0.25) is 5.91 Å². The van der Waals surface area contributed by atoms with Gasteiger partial charge in [-0.3, -0.25) is 10.1 Å². The molecular weight excluding hydrogens is 252 g/mol.